The number of pyridine rings is 1. The second-order valence-corrected chi connectivity index (χ2v) is 8.40. The van der Waals surface area contributed by atoms with Crippen LogP contribution < -0.4 is 15.4 Å². The van der Waals surface area contributed by atoms with Crippen LogP contribution in [0.4, 0.5) is 11.4 Å². The van der Waals surface area contributed by atoms with Gasteiger partial charge < -0.3 is 29.6 Å². The van der Waals surface area contributed by atoms with E-state index < -0.39 is 6.23 Å². The zero-order valence-electron chi connectivity index (χ0n) is 19.3. The fourth-order valence-electron chi connectivity index (χ4n) is 4.24. The molecular formula is C26H28N4O4. The van der Waals surface area contributed by atoms with Crippen molar-refractivity contribution in [3.8, 4) is 29.0 Å². The molecule has 176 valence electrons. The Bertz CT molecular complexity index is 1240. The molecule has 0 aliphatic carbocycles. The van der Waals surface area contributed by atoms with Gasteiger partial charge in [-0.3, -0.25) is 10.3 Å². The summed E-state index contributed by atoms with van der Waals surface area (Å²) >= 11 is 0. The van der Waals surface area contributed by atoms with E-state index >= 15 is 0 Å². The smallest absolute Gasteiger partial charge is 0.167 e. The lowest BCUT2D eigenvalue weighted by Crippen LogP contribution is -2.29. The molecule has 5 rings (SSSR count). The number of aromatic nitrogens is 2. The van der Waals surface area contributed by atoms with E-state index in [0.717, 1.165) is 45.9 Å². The van der Waals surface area contributed by atoms with Gasteiger partial charge in [-0.15, -0.1) is 0 Å². The van der Waals surface area contributed by atoms with E-state index in [0.29, 0.717) is 32.1 Å². The van der Waals surface area contributed by atoms with Gasteiger partial charge >= 0.3 is 0 Å². The Morgan fingerprint density at radius 2 is 2.15 bits per heavy atom. The molecule has 0 spiro atoms. The number of aliphatic hydroxyl groups is 1. The van der Waals surface area contributed by atoms with E-state index in [1.807, 2.05) is 18.2 Å². The molecule has 1 aromatic carbocycles. The predicted octanol–water partition coefficient (Wildman–Crippen LogP) is 3.33. The van der Waals surface area contributed by atoms with Gasteiger partial charge in [0.1, 0.15) is 18.4 Å². The van der Waals surface area contributed by atoms with Crippen LogP contribution in [-0.2, 0) is 15.9 Å². The fourth-order valence-corrected chi connectivity index (χ4v) is 4.24. The Labute approximate surface area is 198 Å². The lowest BCUT2D eigenvalue weighted by Gasteiger charge is -2.22. The number of anilines is 2. The molecule has 2 aliphatic rings. The van der Waals surface area contributed by atoms with E-state index in [2.05, 4.69) is 52.5 Å². The topological polar surface area (TPSA) is 101 Å². The third kappa shape index (κ3) is 4.52. The van der Waals surface area contributed by atoms with Crippen molar-refractivity contribution in [1.82, 2.24) is 15.3 Å². The maximum Gasteiger partial charge on any atom is 0.167 e. The summed E-state index contributed by atoms with van der Waals surface area (Å²) in [4.78, 5) is 7.75. The summed E-state index contributed by atoms with van der Waals surface area (Å²) in [5.41, 5.74) is 7.51. The second-order valence-electron chi connectivity index (χ2n) is 8.40. The molecule has 8 heteroatoms. The van der Waals surface area contributed by atoms with Gasteiger partial charge in [0.2, 0.25) is 0 Å². The number of nitrogens with one attached hydrogen (secondary N) is 3. The van der Waals surface area contributed by atoms with Gasteiger partial charge in [-0.2, -0.15) is 0 Å². The van der Waals surface area contributed by atoms with E-state index in [-0.39, 0.29) is 6.10 Å². The highest BCUT2D eigenvalue weighted by atomic mass is 16.6. The third-order valence-electron chi connectivity index (χ3n) is 6.22. The van der Waals surface area contributed by atoms with Crippen LogP contribution in [0.5, 0.6) is 5.75 Å². The maximum atomic E-state index is 10.8. The van der Waals surface area contributed by atoms with Crippen LogP contribution in [0, 0.1) is 25.9 Å². The van der Waals surface area contributed by atoms with Crippen LogP contribution in [0.25, 0.3) is 11.3 Å². The van der Waals surface area contributed by atoms with Crippen LogP contribution in [0.2, 0.25) is 0 Å². The van der Waals surface area contributed by atoms with Crippen molar-refractivity contribution < 1.29 is 19.3 Å². The van der Waals surface area contributed by atoms with Crippen molar-refractivity contribution >= 4 is 11.4 Å². The number of benzene rings is 1. The Morgan fingerprint density at radius 1 is 1.24 bits per heavy atom. The van der Waals surface area contributed by atoms with Crippen LogP contribution in [0.1, 0.15) is 28.6 Å². The minimum Gasteiger partial charge on any atom is -0.405 e. The van der Waals surface area contributed by atoms with Crippen molar-refractivity contribution in [2.75, 3.05) is 31.7 Å². The Kier molecular flexibility index (Phi) is 6.52. The zero-order valence-corrected chi connectivity index (χ0v) is 19.3. The van der Waals surface area contributed by atoms with Crippen molar-refractivity contribution in [1.29, 1.82) is 0 Å². The standard InChI is InChI=1S/C26H28N4O4/c1-16-4-3-5-20(17(16)2)29-25-23-21(7-10-28-26(23)31)30-24(25)19-6-9-27-14-22(19)34-11-8-18-15-32-12-13-33-18/h3-6,9,14,18,26,28-31H,7,10,12-13,15H2,1-2H3. The van der Waals surface area contributed by atoms with Gasteiger partial charge in [0.25, 0.3) is 0 Å². The minimum atomic E-state index is -0.782. The van der Waals surface area contributed by atoms with E-state index in [1.165, 1.54) is 5.56 Å². The first-order valence-corrected chi connectivity index (χ1v) is 11.4. The van der Waals surface area contributed by atoms with Gasteiger partial charge in [-0.1, -0.05) is 12.1 Å². The molecule has 34 heavy (non-hydrogen) atoms. The van der Waals surface area contributed by atoms with Crippen molar-refractivity contribution in [2.45, 2.75) is 32.6 Å². The Hall–Kier alpha value is -3.35. The average Bonchev–Trinajstić information content (AvgIpc) is 3.22. The monoisotopic (exact) mass is 460 g/mol. The summed E-state index contributed by atoms with van der Waals surface area (Å²) in [6.07, 6.45) is 5.78. The Morgan fingerprint density at radius 3 is 3.00 bits per heavy atom. The molecule has 1 fully saturated rings. The molecule has 4 N–H and O–H groups in total. The molecule has 0 bridgehead atoms. The first-order valence-electron chi connectivity index (χ1n) is 11.4. The largest absolute Gasteiger partial charge is 0.405 e. The molecule has 2 aliphatic heterocycles. The van der Waals surface area contributed by atoms with Gasteiger partial charge in [0.15, 0.2) is 5.75 Å². The number of hydrogen-bond donors (Lipinski definition) is 4. The highest BCUT2D eigenvalue weighted by molar-refractivity contribution is 5.86. The van der Waals surface area contributed by atoms with Crippen molar-refractivity contribution in [3.63, 3.8) is 0 Å². The maximum absolute atomic E-state index is 10.8. The first kappa shape index (κ1) is 22.4. The number of hydrogen-bond acceptors (Lipinski definition) is 7. The molecule has 2 unspecified atom stereocenters. The summed E-state index contributed by atoms with van der Waals surface area (Å²) in [5, 5.41) is 17.5. The van der Waals surface area contributed by atoms with Crippen LogP contribution in [0.3, 0.4) is 0 Å². The average molecular weight is 461 g/mol. The predicted molar refractivity (Wildman–Crippen MR) is 129 cm³/mol. The highest BCUT2D eigenvalue weighted by Crippen LogP contribution is 2.42. The number of aromatic amines is 1. The lowest BCUT2D eigenvalue weighted by atomic mass is 10.0. The van der Waals surface area contributed by atoms with Crippen LogP contribution in [0.15, 0.2) is 36.7 Å². The van der Waals surface area contributed by atoms with E-state index in [4.69, 9.17) is 14.2 Å². The molecule has 2 aromatic heterocycles. The summed E-state index contributed by atoms with van der Waals surface area (Å²) < 4.78 is 16.8. The van der Waals surface area contributed by atoms with E-state index in [9.17, 15) is 5.11 Å². The number of aliphatic hydroxyl groups excluding tert-OH is 1. The Balaban J connectivity index is 1.54. The van der Waals surface area contributed by atoms with Crippen molar-refractivity contribution in [2.24, 2.45) is 0 Å². The van der Waals surface area contributed by atoms with Crippen molar-refractivity contribution in [3.05, 3.63) is 59.0 Å². The normalized spacial score (nSPS) is 19.6. The highest BCUT2D eigenvalue weighted by Gasteiger charge is 2.28. The molecular weight excluding hydrogens is 432 g/mol. The second kappa shape index (κ2) is 9.87. The molecule has 0 amide bonds. The fraction of sp³-hybridized carbons (Fsp3) is 0.346. The quantitative estimate of drug-likeness (QED) is 0.443. The van der Waals surface area contributed by atoms with E-state index in [1.54, 1.807) is 12.4 Å². The van der Waals surface area contributed by atoms with Crippen LogP contribution >= 0.6 is 0 Å². The van der Waals surface area contributed by atoms with Gasteiger partial charge in [-0.05, 0) is 43.0 Å². The molecule has 0 radical (unpaired) electrons. The van der Waals surface area contributed by atoms with Crippen LogP contribution in [-0.4, -0.2) is 47.5 Å². The summed E-state index contributed by atoms with van der Waals surface area (Å²) in [7, 11) is 0. The number of H-pyrrole nitrogens is 1. The minimum absolute atomic E-state index is 0.311. The summed E-state index contributed by atoms with van der Waals surface area (Å²) in [6, 6.07) is 8.02. The lowest BCUT2D eigenvalue weighted by molar-refractivity contribution is -0.0637. The molecule has 4 heterocycles. The summed E-state index contributed by atoms with van der Waals surface area (Å²) in [6.45, 7) is 6.38. The zero-order chi connectivity index (χ0) is 23.5. The SMILES string of the molecule is Cc1cccc(Nc2c(-c3ccncc3OC#CC3COCCO3)[nH]c3c2C(O)NCC3)c1C. The molecule has 2 atom stereocenters. The number of nitrogens with zero attached hydrogens (tertiary/aromatic N) is 1. The molecule has 1 saturated heterocycles. The summed E-state index contributed by atoms with van der Waals surface area (Å²) in [5.74, 6) is 3.46. The molecule has 0 saturated carbocycles. The third-order valence-corrected chi connectivity index (χ3v) is 6.22. The number of aryl methyl sites for hydroxylation is 1. The first-order chi connectivity index (χ1) is 16.6. The number of rotatable bonds is 4. The van der Waals surface area contributed by atoms with Gasteiger partial charge in [0.05, 0.1) is 37.4 Å². The molecule has 8 nitrogen and oxygen atoms in total. The van der Waals surface area contributed by atoms with Gasteiger partial charge in [-0.25, -0.2) is 0 Å². The molecule has 3 aromatic rings. The van der Waals surface area contributed by atoms with Gasteiger partial charge in [0, 0.05) is 41.7 Å². The number of fused-ring (bicyclic) bond motifs is 1. The number of ether oxygens (including phenoxy) is 3.